The summed E-state index contributed by atoms with van der Waals surface area (Å²) in [5.74, 6) is 0. The van der Waals surface area contributed by atoms with Gasteiger partial charge in [-0.2, -0.15) is 0 Å². The van der Waals surface area contributed by atoms with Gasteiger partial charge in [-0.1, -0.05) is 0 Å². The van der Waals surface area contributed by atoms with Gasteiger partial charge in [0.1, 0.15) is 0 Å². The van der Waals surface area contributed by atoms with E-state index in [-0.39, 0.29) is 11.6 Å². The van der Waals surface area contributed by atoms with Crippen molar-refractivity contribution in [1.82, 2.24) is 20.2 Å². The highest BCUT2D eigenvalue weighted by Crippen LogP contribution is 2.35. The molecule has 2 fully saturated rings. The first-order valence-corrected chi connectivity index (χ1v) is 10.8. The highest BCUT2D eigenvalue weighted by molar-refractivity contribution is 7.15. The number of hydrogen-bond acceptors (Lipinski definition) is 6. The van der Waals surface area contributed by atoms with Gasteiger partial charge in [-0.05, 0) is 45.7 Å². The Morgan fingerprint density at radius 1 is 1.36 bits per heavy atom. The maximum absolute atomic E-state index is 12.6. The SMILES string of the molecule is CCNc1ncc(C(C)N2CCC3(CC2)CN(c2ccnc(C)c2)C(=O)N3)s1. The molecule has 2 aromatic rings. The lowest BCUT2D eigenvalue weighted by Crippen LogP contribution is -2.52. The van der Waals surface area contributed by atoms with Crippen LogP contribution < -0.4 is 15.5 Å². The minimum Gasteiger partial charge on any atom is -0.362 e. The largest absolute Gasteiger partial charge is 0.362 e. The molecule has 0 saturated carbocycles. The molecule has 4 heterocycles. The first-order valence-electron chi connectivity index (χ1n) is 9.96. The smallest absolute Gasteiger partial charge is 0.322 e. The van der Waals surface area contributed by atoms with Crippen molar-refractivity contribution in [3.8, 4) is 0 Å². The number of amides is 2. The van der Waals surface area contributed by atoms with Gasteiger partial charge in [-0.25, -0.2) is 9.78 Å². The van der Waals surface area contributed by atoms with E-state index in [1.807, 2.05) is 30.2 Å². The molecule has 2 amide bonds. The minimum atomic E-state index is -0.132. The number of nitrogens with zero attached hydrogens (tertiary/aromatic N) is 4. The number of carbonyl (C=O) groups excluding carboxylic acids is 1. The van der Waals surface area contributed by atoms with E-state index in [1.54, 1.807) is 17.5 Å². The fourth-order valence-corrected chi connectivity index (χ4v) is 5.10. The van der Waals surface area contributed by atoms with Crippen molar-refractivity contribution in [3.05, 3.63) is 35.1 Å². The first kappa shape index (κ1) is 19.1. The zero-order chi connectivity index (χ0) is 19.7. The summed E-state index contributed by atoms with van der Waals surface area (Å²) in [6.45, 7) is 9.84. The van der Waals surface area contributed by atoms with Crippen molar-refractivity contribution in [2.45, 2.75) is 45.2 Å². The van der Waals surface area contributed by atoms with Crippen molar-refractivity contribution < 1.29 is 4.79 Å². The Kier molecular flexibility index (Phi) is 5.25. The Balaban J connectivity index is 1.40. The number of piperidine rings is 1. The third-order valence-electron chi connectivity index (χ3n) is 5.84. The topological polar surface area (TPSA) is 73.4 Å². The van der Waals surface area contributed by atoms with Crippen molar-refractivity contribution in [3.63, 3.8) is 0 Å². The number of aryl methyl sites for hydroxylation is 1. The summed E-state index contributed by atoms with van der Waals surface area (Å²) in [5.41, 5.74) is 1.72. The zero-order valence-electron chi connectivity index (χ0n) is 16.7. The molecule has 1 atom stereocenters. The molecule has 150 valence electrons. The standard InChI is InChI=1S/C20H28N6OS/c1-4-21-18-23-12-17(28-18)15(3)25-9-6-20(7-10-25)13-26(19(27)24-20)16-5-8-22-14(2)11-16/h5,8,11-12,15H,4,6-7,9-10,13H2,1-3H3,(H,21,23)(H,24,27). The summed E-state index contributed by atoms with van der Waals surface area (Å²) < 4.78 is 0. The third kappa shape index (κ3) is 3.71. The molecule has 2 aliphatic rings. The molecule has 28 heavy (non-hydrogen) atoms. The Hall–Kier alpha value is -2.19. The van der Waals surface area contributed by atoms with Crippen LogP contribution in [0.3, 0.4) is 0 Å². The van der Waals surface area contributed by atoms with Gasteiger partial charge in [-0.3, -0.25) is 14.8 Å². The van der Waals surface area contributed by atoms with Crippen LogP contribution in [0.2, 0.25) is 0 Å². The molecule has 2 aromatic heterocycles. The van der Waals surface area contributed by atoms with Crippen LogP contribution in [-0.4, -0.2) is 52.6 Å². The number of hydrogen-bond donors (Lipinski definition) is 2. The van der Waals surface area contributed by atoms with Crippen LogP contribution in [0.15, 0.2) is 24.5 Å². The monoisotopic (exact) mass is 400 g/mol. The van der Waals surface area contributed by atoms with Gasteiger partial charge in [0, 0.05) is 54.3 Å². The fraction of sp³-hybridized carbons (Fsp3) is 0.550. The molecule has 0 radical (unpaired) electrons. The number of likely N-dealkylation sites (tertiary alicyclic amines) is 1. The molecule has 0 aliphatic carbocycles. The Labute approximate surface area is 170 Å². The van der Waals surface area contributed by atoms with Gasteiger partial charge in [0.15, 0.2) is 5.13 Å². The Morgan fingerprint density at radius 2 is 2.14 bits per heavy atom. The predicted molar refractivity (Wildman–Crippen MR) is 113 cm³/mol. The van der Waals surface area contributed by atoms with Gasteiger partial charge in [-0.15, -0.1) is 11.3 Å². The van der Waals surface area contributed by atoms with Gasteiger partial charge >= 0.3 is 6.03 Å². The number of rotatable bonds is 5. The maximum Gasteiger partial charge on any atom is 0.322 e. The van der Waals surface area contributed by atoms with Crippen molar-refractivity contribution in [2.24, 2.45) is 0 Å². The van der Waals surface area contributed by atoms with Crippen LogP contribution in [0.1, 0.15) is 43.3 Å². The lowest BCUT2D eigenvalue weighted by molar-refractivity contribution is 0.123. The summed E-state index contributed by atoms with van der Waals surface area (Å²) in [7, 11) is 0. The third-order valence-corrected chi connectivity index (χ3v) is 6.96. The summed E-state index contributed by atoms with van der Waals surface area (Å²) in [6, 6.07) is 4.24. The molecule has 0 bridgehead atoms. The fourth-order valence-electron chi connectivity index (χ4n) is 4.13. The lowest BCUT2D eigenvalue weighted by atomic mass is 9.87. The van der Waals surface area contributed by atoms with Gasteiger partial charge < -0.3 is 10.6 Å². The van der Waals surface area contributed by atoms with Gasteiger partial charge in [0.2, 0.25) is 0 Å². The molecule has 1 spiro atoms. The molecular formula is C20H28N6OS. The number of anilines is 2. The van der Waals surface area contributed by atoms with Gasteiger partial charge in [0.05, 0.1) is 12.1 Å². The number of nitrogens with one attached hydrogen (secondary N) is 2. The van der Waals surface area contributed by atoms with Crippen molar-refractivity contribution in [1.29, 1.82) is 0 Å². The van der Waals surface area contributed by atoms with E-state index in [1.165, 1.54) is 4.88 Å². The average molecular weight is 401 g/mol. The summed E-state index contributed by atoms with van der Waals surface area (Å²) in [4.78, 5) is 27.0. The zero-order valence-corrected chi connectivity index (χ0v) is 17.6. The summed E-state index contributed by atoms with van der Waals surface area (Å²) >= 11 is 1.73. The van der Waals surface area contributed by atoms with E-state index in [9.17, 15) is 4.79 Å². The molecule has 7 nitrogen and oxygen atoms in total. The number of urea groups is 1. The molecule has 8 heteroatoms. The number of thiazole rings is 1. The second-order valence-corrected chi connectivity index (χ2v) is 8.82. The molecule has 2 N–H and O–H groups in total. The molecule has 0 aromatic carbocycles. The van der Waals surface area contributed by atoms with E-state index in [2.05, 4.69) is 39.3 Å². The normalized spacial score (nSPS) is 20.4. The quantitative estimate of drug-likeness (QED) is 0.805. The highest BCUT2D eigenvalue weighted by Gasteiger charge is 2.45. The van der Waals surface area contributed by atoms with Gasteiger partial charge in [0.25, 0.3) is 0 Å². The summed E-state index contributed by atoms with van der Waals surface area (Å²) in [6.07, 6.45) is 5.68. The van der Waals surface area contributed by atoms with Crippen LogP contribution >= 0.6 is 11.3 Å². The van der Waals surface area contributed by atoms with Crippen LogP contribution in [0.25, 0.3) is 0 Å². The molecule has 2 saturated heterocycles. The second-order valence-electron chi connectivity index (χ2n) is 7.76. The molecule has 1 unspecified atom stereocenters. The van der Waals surface area contributed by atoms with E-state index in [4.69, 9.17) is 0 Å². The predicted octanol–water partition coefficient (Wildman–Crippen LogP) is 3.40. The van der Waals surface area contributed by atoms with E-state index in [0.29, 0.717) is 6.04 Å². The second kappa shape index (κ2) is 7.67. The van der Waals surface area contributed by atoms with Crippen LogP contribution in [0.5, 0.6) is 0 Å². The maximum atomic E-state index is 12.6. The molecule has 4 rings (SSSR count). The van der Waals surface area contributed by atoms with Crippen molar-refractivity contribution in [2.75, 3.05) is 36.4 Å². The van der Waals surface area contributed by atoms with Crippen molar-refractivity contribution >= 4 is 28.2 Å². The summed E-state index contributed by atoms with van der Waals surface area (Å²) in [5, 5.41) is 7.55. The average Bonchev–Trinajstić information content (AvgIpc) is 3.27. The van der Waals surface area contributed by atoms with E-state index < -0.39 is 0 Å². The van der Waals surface area contributed by atoms with E-state index >= 15 is 0 Å². The van der Waals surface area contributed by atoms with Crippen LogP contribution in [0.4, 0.5) is 15.6 Å². The van der Waals surface area contributed by atoms with Crippen LogP contribution in [0, 0.1) is 6.92 Å². The Bertz CT molecular complexity index is 845. The van der Waals surface area contributed by atoms with Crippen LogP contribution in [-0.2, 0) is 0 Å². The number of aromatic nitrogens is 2. The molecule has 2 aliphatic heterocycles. The molecular weight excluding hydrogens is 372 g/mol. The first-order chi connectivity index (χ1) is 13.5. The van der Waals surface area contributed by atoms with E-state index in [0.717, 1.165) is 55.5 Å². The minimum absolute atomic E-state index is 0.00448. The number of carbonyl (C=O) groups is 1. The number of pyridine rings is 1. The lowest BCUT2D eigenvalue weighted by Gasteiger charge is -2.41. The Morgan fingerprint density at radius 3 is 2.86 bits per heavy atom. The highest BCUT2D eigenvalue weighted by atomic mass is 32.1.